The molecule has 24 heavy (non-hydrogen) atoms. The molecule has 1 aromatic carbocycles. The van der Waals surface area contributed by atoms with E-state index >= 15 is 0 Å². The number of aryl methyl sites for hydroxylation is 1. The van der Waals surface area contributed by atoms with Gasteiger partial charge in [0.1, 0.15) is 5.75 Å². The molecule has 1 aromatic heterocycles. The van der Waals surface area contributed by atoms with Crippen LogP contribution in [0.25, 0.3) is 0 Å². The second kappa shape index (κ2) is 9.98. The molecule has 0 aliphatic rings. The van der Waals surface area contributed by atoms with Crippen LogP contribution in [0.1, 0.15) is 24.0 Å². The summed E-state index contributed by atoms with van der Waals surface area (Å²) in [5.41, 5.74) is 2.41. The summed E-state index contributed by atoms with van der Waals surface area (Å²) in [5, 5.41) is 2.98. The van der Waals surface area contributed by atoms with Crippen molar-refractivity contribution >= 4 is 17.7 Å². The number of methoxy groups -OCH3 is 1. The molecule has 0 fully saturated rings. The molecule has 1 heterocycles. The summed E-state index contributed by atoms with van der Waals surface area (Å²) in [7, 11) is 1.66. The van der Waals surface area contributed by atoms with Gasteiger partial charge in [0.05, 0.1) is 7.11 Å². The first-order chi connectivity index (χ1) is 11.7. The van der Waals surface area contributed by atoms with Crippen LogP contribution in [-0.4, -0.2) is 30.3 Å². The van der Waals surface area contributed by atoms with E-state index in [0.717, 1.165) is 24.3 Å². The number of carbonyl (C=O) groups is 1. The van der Waals surface area contributed by atoms with Crippen molar-refractivity contribution in [1.82, 2.24) is 10.3 Å². The Labute approximate surface area is 148 Å². The summed E-state index contributed by atoms with van der Waals surface area (Å²) >= 11 is 1.76. The molecule has 0 atom stereocenters. The number of carbonyl (C=O) groups excluding carboxylic acids is 1. The maximum Gasteiger partial charge on any atom is 0.220 e. The smallest absolute Gasteiger partial charge is 0.220 e. The molecular formula is C19H24N2O2S. The largest absolute Gasteiger partial charge is 0.497 e. The van der Waals surface area contributed by atoms with Gasteiger partial charge in [-0.2, -0.15) is 0 Å². The number of thioether (sulfide) groups is 1. The summed E-state index contributed by atoms with van der Waals surface area (Å²) in [5.74, 6) is 1.91. The van der Waals surface area contributed by atoms with Gasteiger partial charge in [-0.05, 0) is 67.0 Å². The highest BCUT2D eigenvalue weighted by atomic mass is 32.2. The van der Waals surface area contributed by atoms with Gasteiger partial charge < -0.3 is 10.1 Å². The Bertz CT molecular complexity index is 644. The lowest BCUT2D eigenvalue weighted by Crippen LogP contribution is -2.25. The lowest BCUT2D eigenvalue weighted by atomic mass is 10.1. The van der Waals surface area contributed by atoms with Crippen LogP contribution in [0.5, 0.6) is 5.75 Å². The summed E-state index contributed by atoms with van der Waals surface area (Å²) in [6.07, 6.45) is 5.92. The number of benzene rings is 1. The number of aromatic nitrogens is 1. The average Bonchev–Trinajstić information content (AvgIpc) is 2.61. The molecule has 0 bridgehead atoms. The van der Waals surface area contributed by atoms with Crippen LogP contribution in [0.3, 0.4) is 0 Å². The monoisotopic (exact) mass is 344 g/mol. The Balaban J connectivity index is 1.58. The predicted octanol–water partition coefficient (Wildman–Crippen LogP) is 3.63. The number of amides is 1. The van der Waals surface area contributed by atoms with Crippen molar-refractivity contribution in [3.05, 3.63) is 53.9 Å². The second-order valence-corrected chi connectivity index (χ2v) is 6.70. The maximum absolute atomic E-state index is 11.9. The molecule has 0 spiro atoms. The standard InChI is InChI=1S/C19H24N2O2S/c1-15-9-11-20-14-16(15)10-12-21-19(22)4-3-13-24-18-7-5-17(23-2)6-8-18/h5-9,11,14H,3-4,10,12-13H2,1-2H3,(H,21,22). The molecule has 0 unspecified atom stereocenters. The van der Waals surface area contributed by atoms with E-state index in [1.165, 1.54) is 16.0 Å². The van der Waals surface area contributed by atoms with Crippen LogP contribution in [0.15, 0.2) is 47.6 Å². The van der Waals surface area contributed by atoms with Gasteiger partial charge in [0.2, 0.25) is 5.91 Å². The fourth-order valence-electron chi connectivity index (χ4n) is 2.28. The van der Waals surface area contributed by atoms with Gasteiger partial charge in [0, 0.05) is 30.3 Å². The lowest BCUT2D eigenvalue weighted by Gasteiger charge is -2.07. The number of rotatable bonds is 9. The molecule has 0 aliphatic carbocycles. The molecule has 4 nitrogen and oxygen atoms in total. The molecule has 5 heteroatoms. The van der Waals surface area contributed by atoms with Gasteiger partial charge in [-0.3, -0.25) is 9.78 Å². The minimum atomic E-state index is 0.117. The Morgan fingerprint density at radius 2 is 2.04 bits per heavy atom. The van der Waals surface area contributed by atoms with E-state index in [1.807, 2.05) is 36.5 Å². The highest BCUT2D eigenvalue weighted by molar-refractivity contribution is 7.99. The minimum Gasteiger partial charge on any atom is -0.497 e. The number of hydrogen-bond acceptors (Lipinski definition) is 4. The molecule has 0 saturated carbocycles. The third-order valence-corrected chi connectivity index (χ3v) is 4.84. The minimum absolute atomic E-state index is 0.117. The van der Waals surface area contributed by atoms with Crippen LogP contribution >= 0.6 is 11.8 Å². The van der Waals surface area contributed by atoms with Crippen molar-refractivity contribution in [3.8, 4) is 5.75 Å². The van der Waals surface area contributed by atoms with Crippen molar-refractivity contribution in [3.63, 3.8) is 0 Å². The quantitative estimate of drug-likeness (QED) is 0.557. The van der Waals surface area contributed by atoms with Gasteiger partial charge in [-0.15, -0.1) is 11.8 Å². The topological polar surface area (TPSA) is 51.2 Å². The van der Waals surface area contributed by atoms with Crippen molar-refractivity contribution in [2.75, 3.05) is 19.4 Å². The van der Waals surface area contributed by atoms with E-state index in [-0.39, 0.29) is 5.91 Å². The van der Waals surface area contributed by atoms with Gasteiger partial charge in [-0.1, -0.05) is 0 Å². The Morgan fingerprint density at radius 1 is 1.25 bits per heavy atom. The number of hydrogen-bond donors (Lipinski definition) is 1. The van der Waals surface area contributed by atoms with E-state index in [1.54, 1.807) is 25.1 Å². The zero-order valence-electron chi connectivity index (χ0n) is 14.2. The SMILES string of the molecule is COc1ccc(SCCCC(=O)NCCc2cnccc2C)cc1. The van der Waals surface area contributed by atoms with Gasteiger partial charge >= 0.3 is 0 Å². The van der Waals surface area contributed by atoms with Gasteiger partial charge in [-0.25, -0.2) is 0 Å². The van der Waals surface area contributed by atoms with Crippen molar-refractivity contribution in [2.24, 2.45) is 0 Å². The highest BCUT2D eigenvalue weighted by Crippen LogP contribution is 2.22. The number of nitrogens with zero attached hydrogens (tertiary/aromatic N) is 1. The van der Waals surface area contributed by atoms with Crippen LogP contribution in [0.4, 0.5) is 0 Å². The first-order valence-electron chi connectivity index (χ1n) is 8.12. The molecule has 0 radical (unpaired) electrons. The van der Waals surface area contributed by atoms with Crippen LogP contribution in [0.2, 0.25) is 0 Å². The van der Waals surface area contributed by atoms with Crippen LogP contribution in [0, 0.1) is 6.92 Å². The Kier molecular flexibility index (Phi) is 7.62. The summed E-state index contributed by atoms with van der Waals surface area (Å²) in [6, 6.07) is 9.98. The first kappa shape index (κ1) is 18.3. The van der Waals surface area contributed by atoms with Crippen LogP contribution in [-0.2, 0) is 11.2 Å². The normalized spacial score (nSPS) is 10.4. The van der Waals surface area contributed by atoms with Gasteiger partial charge in [0.15, 0.2) is 0 Å². The van der Waals surface area contributed by atoms with Crippen molar-refractivity contribution in [2.45, 2.75) is 31.1 Å². The number of nitrogens with one attached hydrogen (secondary N) is 1. The fourth-order valence-corrected chi connectivity index (χ4v) is 3.13. The molecule has 0 saturated heterocycles. The van der Waals surface area contributed by atoms with Crippen molar-refractivity contribution < 1.29 is 9.53 Å². The zero-order chi connectivity index (χ0) is 17.2. The van der Waals surface area contributed by atoms with E-state index in [0.29, 0.717) is 13.0 Å². The molecular weight excluding hydrogens is 320 g/mol. The lowest BCUT2D eigenvalue weighted by molar-refractivity contribution is -0.121. The Morgan fingerprint density at radius 3 is 2.75 bits per heavy atom. The molecule has 2 rings (SSSR count). The molecule has 0 aliphatic heterocycles. The molecule has 128 valence electrons. The summed E-state index contributed by atoms with van der Waals surface area (Å²) in [6.45, 7) is 2.73. The zero-order valence-corrected chi connectivity index (χ0v) is 15.1. The summed E-state index contributed by atoms with van der Waals surface area (Å²) < 4.78 is 5.14. The maximum atomic E-state index is 11.9. The van der Waals surface area contributed by atoms with E-state index in [4.69, 9.17) is 4.74 Å². The number of pyridine rings is 1. The second-order valence-electron chi connectivity index (χ2n) is 5.53. The summed E-state index contributed by atoms with van der Waals surface area (Å²) in [4.78, 5) is 17.2. The number of ether oxygens (including phenoxy) is 1. The van der Waals surface area contributed by atoms with E-state index < -0.39 is 0 Å². The third-order valence-electron chi connectivity index (χ3n) is 3.74. The molecule has 1 N–H and O–H groups in total. The van der Waals surface area contributed by atoms with Gasteiger partial charge in [0.25, 0.3) is 0 Å². The van der Waals surface area contributed by atoms with Crippen molar-refractivity contribution in [1.29, 1.82) is 0 Å². The molecule has 2 aromatic rings. The third kappa shape index (κ3) is 6.24. The van der Waals surface area contributed by atoms with E-state index in [2.05, 4.69) is 17.2 Å². The first-order valence-corrected chi connectivity index (χ1v) is 9.10. The Hall–Kier alpha value is -2.01. The molecule has 1 amide bonds. The van der Waals surface area contributed by atoms with E-state index in [9.17, 15) is 4.79 Å². The highest BCUT2D eigenvalue weighted by Gasteiger charge is 2.03. The average molecular weight is 344 g/mol. The van der Waals surface area contributed by atoms with Crippen LogP contribution < -0.4 is 10.1 Å². The fraction of sp³-hybridized carbons (Fsp3) is 0.368. The predicted molar refractivity (Wildman–Crippen MR) is 98.6 cm³/mol.